The summed E-state index contributed by atoms with van der Waals surface area (Å²) in [6.07, 6.45) is -1.36. The van der Waals surface area contributed by atoms with Gasteiger partial charge in [-0.05, 0) is 40.8 Å². The van der Waals surface area contributed by atoms with E-state index in [1.165, 1.54) is 18.2 Å². The zero-order valence-electron chi connectivity index (χ0n) is 25.5. The first-order valence-electron chi connectivity index (χ1n) is 15.0. The maximum absolute atomic E-state index is 13.1. The molecule has 4 aromatic carbocycles. The molecule has 0 aliphatic rings. The van der Waals surface area contributed by atoms with Crippen molar-refractivity contribution in [2.24, 2.45) is 0 Å². The fraction of sp³-hybridized carbons (Fsp3) is 0.222. The second-order valence-electron chi connectivity index (χ2n) is 10.6. The number of rotatable bonds is 15. The van der Waals surface area contributed by atoms with Crippen LogP contribution in [0.2, 0.25) is 0 Å². The smallest absolute Gasteiger partial charge is 0.408 e. The normalized spacial score (nSPS) is 11.8. The van der Waals surface area contributed by atoms with Crippen molar-refractivity contribution in [1.29, 1.82) is 0 Å². The van der Waals surface area contributed by atoms with Gasteiger partial charge >= 0.3 is 18.0 Å². The highest BCUT2D eigenvalue weighted by Gasteiger charge is 2.27. The van der Waals surface area contributed by atoms with Gasteiger partial charge in [0.2, 0.25) is 5.91 Å². The van der Waals surface area contributed by atoms with Crippen LogP contribution in [0.5, 0.6) is 11.5 Å². The number of hydrogen-bond acceptors (Lipinski definition) is 9. The van der Waals surface area contributed by atoms with E-state index >= 15 is 0 Å². The summed E-state index contributed by atoms with van der Waals surface area (Å²) in [5, 5.41) is 24.7. The highest BCUT2D eigenvalue weighted by Crippen LogP contribution is 2.25. The first-order chi connectivity index (χ1) is 22.8. The Morgan fingerprint density at radius 1 is 0.553 bits per heavy atom. The summed E-state index contributed by atoms with van der Waals surface area (Å²) in [5.41, 5.74) is 2.68. The standard InChI is InChI=1S/C36H36N2O9/c39-31-18-16-28(21-32(31)40)20-30(35(43)46-23-26-12-6-2-7-13-26)37-33(41)19-17-29(34(42)45-22-25-10-4-1-5-11-25)38-36(44)47-24-27-14-8-3-9-15-27/h1-16,18,21,29-30,39-40H,17,19-20,22-24H2,(H,37,41)(H,38,44)/t29-,30-/m0/s1. The number of phenolic OH excluding ortho intramolecular Hbond substituents is 2. The van der Waals surface area contributed by atoms with Gasteiger partial charge < -0.3 is 35.1 Å². The lowest BCUT2D eigenvalue weighted by Crippen LogP contribution is -2.45. The highest BCUT2D eigenvalue weighted by molar-refractivity contribution is 5.86. The summed E-state index contributed by atoms with van der Waals surface area (Å²) in [7, 11) is 0. The number of nitrogens with one attached hydrogen (secondary N) is 2. The van der Waals surface area contributed by atoms with Gasteiger partial charge in [0.15, 0.2) is 11.5 Å². The molecule has 2 amide bonds. The summed E-state index contributed by atoms with van der Waals surface area (Å²) >= 11 is 0. The average molecular weight is 641 g/mol. The van der Waals surface area contributed by atoms with Crippen LogP contribution >= 0.6 is 0 Å². The Hall–Kier alpha value is -5.84. The van der Waals surface area contributed by atoms with Crippen molar-refractivity contribution in [3.63, 3.8) is 0 Å². The second kappa shape index (κ2) is 17.6. The predicted molar refractivity (Wildman–Crippen MR) is 171 cm³/mol. The molecular formula is C36H36N2O9. The summed E-state index contributed by atoms with van der Waals surface area (Å²) in [4.78, 5) is 51.9. The van der Waals surface area contributed by atoms with E-state index in [9.17, 15) is 29.4 Å². The third kappa shape index (κ3) is 11.5. The predicted octanol–water partition coefficient (Wildman–Crippen LogP) is 4.69. The molecule has 4 aromatic rings. The molecule has 11 heteroatoms. The van der Waals surface area contributed by atoms with Gasteiger partial charge in [0, 0.05) is 12.8 Å². The summed E-state index contributed by atoms with van der Waals surface area (Å²) in [6.45, 7) is -0.104. The molecular weight excluding hydrogens is 604 g/mol. The number of carbonyl (C=O) groups excluding carboxylic acids is 4. The molecule has 4 rings (SSSR count). The van der Waals surface area contributed by atoms with Crippen LogP contribution < -0.4 is 10.6 Å². The Morgan fingerprint density at radius 2 is 1.04 bits per heavy atom. The zero-order valence-corrected chi connectivity index (χ0v) is 25.5. The minimum Gasteiger partial charge on any atom is -0.504 e. The molecule has 0 aliphatic heterocycles. The van der Waals surface area contributed by atoms with Gasteiger partial charge in [-0.25, -0.2) is 14.4 Å². The molecule has 0 aliphatic carbocycles. The second-order valence-corrected chi connectivity index (χ2v) is 10.6. The summed E-state index contributed by atoms with van der Waals surface area (Å²) in [6, 6.07) is 28.6. The van der Waals surface area contributed by atoms with Crippen molar-refractivity contribution in [1.82, 2.24) is 10.6 Å². The minimum absolute atomic E-state index is 0.0292. The number of benzene rings is 4. The largest absolute Gasteiger partial charge is 0.504 e. The van der Waals surface area contributed by atoms with Gasteiger partial charge in [-0.1, -0.05) is 97.1 Å². The van der Waals surface area contributed by atoms with Gasteiger partial charge in [0.25, 0.3) is 0 Å². The van der Waals surface area contributed by atoms with Crippen LogP contribution in [0, 0.1) is 0 Å². The van der Waals surface area contributed by atoms with Gasteiger partial charge in [-0.3, -0.25) is 4.79 Å². The van der Waals surface area contributed by atoms with E-state index in [1.54, 1.807) is 72.8 Å². The molecule has 0 fully saturated rings. The van der Waals surface area contributed by atoms with Crippen molar-refractivity contribution < 1.29 is 43.6 Å². The Kier molecular flexibility index (Phi) is 12.7. The molecule has 0 saturated heterocycles. The molecule has 47 heavy (non-hydrogen) atoms. The van der Waals surface area contributed by atoms with Crippen LogP contribution in [0.1, 0.15) is 35.1 Å². The van der Waals surface area contributed by atoms with Gasteiger partial charge in [0.05, 0.1) is 0 Å². The van der Waals surface area contributed by atoms with E-state index in [1.807, 2.05) is 18.2 Å². The number of aromatic hydroxyl groups is 2. The molecule has 0 spiro atoms. The Balaban J connectivity index is 1.40. The lowest BCUT2D eigenvalue weighted by atomic mass is 10.0. The van der Waals surface area contributed by atoms with Gasteiger partial charge in [-0.2, -0.15) is 0 Å². The Labute approximate surface area is 272 Å². The third-order valence-electron chi connectivity index (χ3n) is 7.00. The molecule has 0 saturated carbocycles. The lowest BCUT2D eigenvalue weighted by molar-refractivity contribution is -0.150. The van der Waals surface area contributed by atoms with E-state index in [0.29, 0.717) is 5.56 Å². The fourth-order valence-electron chi connectivity index (χ4n) is 4.48. The number of hydrogen-bond donors (Lipinski definition) is 4. The highest BCUT2D eigenvalue weighted by atomic mass is 16.6. The first kappa shape index (κ1) is 34.0. The molecule has 0 heterocycles. The van der Waals surface area contributed by atoms with E-state index in [2.05, 4.69) is 10.6 Å². The third-order valence-corrected chi connectivity index (χ3v) is 7.00. The van der Waals surface area contributed by atoms with Crippen molar-refractivity contribution in [3.8, 4) is 11.5 Å². The Morgan fingerprint density at radius 3 is 1.55 bits per heavy atom. The maximum atomic E-state index is 13.1. The molecule has 11 nitrogen and oxygen atoms in total. The monoisotopic (exact) mass is 640 g/mol. The molecule has 4 N–H and O–H groups in total. The van der Waals surface area contributed by atoms with Crippen LogP contribution in [0.25, 0.3) is 0 Å². The zero-order chi connectivity index (χ0) is 33.4. The summed E-state index contributed by atoms with van der Waals surface area (Å²) in [5.74, 6) is -2.81. The number of alkyl carbamates (subject to hydrolysis) is 1. The number of phenols is 2. The number of ether oxygens (including phenoxy) is 3. The topological polar surface area (TPSA) is 160 Å². The molecule has 2 atom stereocenters. The molecule has 244 valence electrons. The molecule has 0 bridgehead atoms. The van der Waals surface area contributed by atoms with Crippen molar-refractivity contribution in [2.75, 3.05) is 0 Å². The van der Waals surface area contributed by atoms with Crippen molar-refractivity contribution in [2.45, 2.75) is 51.2 Å². The maximum Gasteiger partial charge on any atom is 0.408 e. The fourth-order valence-corrected chi connectivity index (χ4v) is 4.48. The van der Waals surface area contributed by atoms with Gasteiger partial charge in [0.1, 0.15) is 31.9 Å². The van der Waals surface area contributed by atoms with E-state index in [-0.39, 0.29) is 50.6 Å². The Bertz CT molecular complexity index is 1620. The molecule has 0 radical (unpaired) electrons. The number of amides is 2. The van der Waals surface area contributed by atoms with Crippen LogP contribution in [0.3, 0.4) is 0 Å². The minimum atomic E-state index is -1.23. The lowest BCUT2D eigenvalue weighted by Gasteiger charge is -2.20. The quantitative estimate of drug-likeness (QED) is 0.0821. The summed E-state index contributed by atoms with van der Waals surface area (Å²) < 4.78 is 16.1. The van der Waals surface area contributed by atoms with E-state index < -0.39 is 36.0 Å². The van der Waals surface area contributed by atoms with Crippen molar-refractivity contribution >= 4 is 23.9 Å². The number of carbonyl (C=O) groups is 4. The van der Waals surface area contributed by atoms with Crippen LogP contribution in [-0.2, 0) is 54.8 Å². The number of esters is 2. The average Bonchev–Trinajstić information content (AvgIpc) is 3.09. The molecule has 0 unspecified atom stereocenters. The van der Waals surface area contributed by atoms with Crippen molar-refractivity contribution in [3.05, 3.63) is 131 Å². The van der Waals surface area contributed by atoms with E-state index in [4.69, 9.17) is 14.2 Å². The van der Waals surface area contributed by atoms with Crippen LogP contribution in [0.15, 0.2) is 109 Å². The molecule has 0 aromatic heterocycles. The van der Waals surface area contributed by atoms with E-state index in [0.717, 1.165) is 16.7 Å². The first-order valence-corrected chi connectivity index (χ1v) is 15.0. The SMILES string of the molecule is O=C(CC[C@H](NC(=O)OCc1ccccc1)C(=O)OCc1ccccc1)N[C@@H](Cc1ccc(O)c(O)c1)C(=O)OCc1ccccc1. The van der Waals surface area contributed by atoms with Crippen LogP contribution in [0.4, 0.5) is 4.79 Å². The van der Waals surface area contributed by atoms with Crippen LogP contribution in [-0.4, -0.2) is 46.2 Å². The van der Waals surface area contributed by atoms with Gasteiger partial charge in [-0.15, -0.1) is 0 Å².